The van der Waals surface area contributed by atoms with Crippen molar-refractivity contribution in [3.8, 4) is 0 Å². The van der Waals surface area contributed by atoms with Crippen LogP contribution in [-0.4, -0.2) is 36.6 Å². The summed E-state index contributed by atoms with van der Waals surface area (Å²) in [5.74, 6) is 0. The quantitative estimate of drug-likeness (QED) is 0.482. The van der Waals surface area contributed by atoms with Crippen LogP contribution in [0.15, 0.2) is 0 Å². The molecule has 0 saturated heterocycles. The summed E-state index contributed by atoms with van der Waals surface area (Å²) in [4.78, 5) is 0. The summed E-state index contributed by atoms with van der Waals surface area (Å²) >= 11 is 0. The molecule has 0 bridgehead atoms. The number of hydrogen-bond donors (Lipinski definition) is 1. The first-order chi connectivity index (χ1) is 1.00. The first-order valence-electron chi connectivity index (χ1n) is 0.447. The van der Waals surface area contributed by atoms with E-state index in [1.807, 2.05) is 0 Å². The van der Waals surface area contributed by atoms with Gasteiger partial charge in [-0.05, 0) is 0 Å². The molecule has 0 heterocycles. The van der Waals surface area contributed by atoms with Crippen molar-refractivity contribution in [2.75, 3.05) is 7.11 Å². The van der Waals surface area contributed by atoms with E-state index in [0.29, 0.717) is 0 Å². The molecule has 3 heteroatoms. The fourth-order valence-electron chi connectivity index (χ4n) is 0. The van der Waals surface area contributed by atoms with Crippen LogP contribution in [-0.2, 0) is 0 Å². The van der Waals surface area contributed by atoms with Gasteiger partial charge in [-0.15, -0.1) is 12.4 Å². The molecule has 0 aliphatic carbocycles. The standard InChI is InChI=1S/CH4O.ClH.Sb.3H/c1-2;;;;;/h2H,1H3;1H;;;;. The Bertz CT molecular complexity index is 8.00. The van der Waals surface area contributed by atoms with Crippen LogP contribution in [0.2, 0.25) is 0 Å². The van der Waals surface area contributed by atoms with Crippen LogP contribution in [0.5, 0.6) is 0 Å². The Kier molecular flexibility index (Phi) is 165. The predicted octanol–water partition coefficient (Wildman–Crippen LogP) is -1.15. The van der Waals surface area contributed by atoms with Crippen molar-refractivity contribution in [2.45, 2.75) is 0 Å². The Labute approximate surface area is 49.3 Å². The number of hydrogen-bond acceptors (Lipinski definition) is 1. The molecule has 0 atom stereocenters. The van der Waals surface area contributed by atoms with Crippen LogP contribution in [0.1, 0.15) is 0 Å². The Morgan fingerprint density at radius 2 is 1.25 bits per heavy atom. The number of halogens is 1. The van der Waals surface area contributed by atoms with Gasteiger partial charge in [0.15, 0.2) is 0 Å². The van der Waals surface area contributed by atoms with Gasteiger partial charge in [-0.1, -0.05) is 0 Å². The van der Waals surface area contributed by atoms with Gasteiger partial charge in [0.05, 0.1) is 0 Å². The summed E-state index contributed by atoms with van der Waals surface area (Å²) in [5, 5.41) is 7.00. The second-order valence-electron chi connectivity index (χ2n) is 0. The van der Waals surface area contributed by atoms with Crippen molar-refractivity contribution in [3.63, 3.8) is 0 Å². The van der Waals surface area contributed by atoms with Crippen molar-refractivity contribution < 1.29 is 5.11 Å². The van der Waals surface area contributed by atoms with Gasteiger partial charge >= 0.3 is 24.4 Å². The van der Waals surface area contributed by atoms with Crippen molar-refractivity contribution in [2.24, 2.45) is 0 Å². The average molecular weight is 193 g/mol. The van der Waals surface area contributed by atoms with Gasteiger partial charge in [-0.2, -0.15) is 0 Å². The van der Waals surface area contributed by atoms with Crippen LogP contribution in [0.4, 0.5) is 0 Å². The molecule has 0 aliphatic heterocycles. The molecule has 0 aromatic carbocycles. The summed E-state index contributed by atoms with van der Waals surface area (Å²) in [6.45, 7) is 0. The number of aliphatic hydroxyl groups excluding tert-OH is 1. The Balaban J connectivity index is -0.00000000500. The van der Waals surface area contributed by atoms with Gasteiger partial charge in [0.2, 0.25) is 0 Å². The molecule has 30 valence electrons. The minimum atomic E-state index is 0. The molecular formula is CH8ClOSb. The molecule has 0 spiro atoms. The van der Waals surface area contributed by atoms with Crippen LogP contribution in [0.25, 0.3) is 0 Å². The first kappa shape index (κ1) is 19.6. The van der Waals surface area contributed by atoms with Gasteiger partial charge in [-0.3, -0.25) is 0 Å². The minimum absolute atomic E-state index is 0. The second kappa shape index (κ2) is 33.6. The topological polar surface area (TPSA) is 20.2 Å². The van der Waals surface area contributed by atoms with E-state index >= 15 is 0 Å². The normalized spacial score (nSPS) is 1.50. The molecule has 1 N–H and O–H groups in total. The van der Waals surface area contributed by atoms with Gasteiger partial charge < -0.3 is 5.11 Å². The second-order valence-corrected chi connectivity index (χ2v) is 0. The van der Waals surface area contributed by atoms with E-state index < -0.39 is 0 Å². The van der Waals surface area contributed by atoms with Gasteiger partial charge in [0.25, 0.3) is 0 Å². The Morgan fingerprint density at radius 1 is 1.25 bits per heavy atom. The third kappa shape index (κ3) is 11.5. The average Bonchev–Trinajstić information content (AvgIpc) is 1.00. The van der Waals surface area contributed by atoms with E-state index in [9.17, 15) is 0 Å². The predicted molar refractivity (Wildman–Crippen MR) is 25.3 cm³/mol. The zero-order valence-corrected chi connectivity index (χ0v) is 7.42. The zero-order chi connectivity index (χ0) is 2.00. The first-order valence-corrected chi connectivity index (χ1v) is 0.447. The summed E-state index contributed by atoms with van der Waals surface area (Å²) in [5.41, 5.74) is 0. The van der Waals surface area contributed by atoms with Gasteiger partial charge in [0.1, 0.15) is 0 Å². The third-order valence-electron chi connectivity index (χ3n) is 0. The van der Waals surface area contributed by atoms with E-state index in [1.54, 1.807) is 0 Å². The molecule has 1 nitrogen and oxygen atoms in total. The SMILES string of the molecule is CO.Cl.[SbH3]. The fourth-order valence-corrected chi connectivity index (χ4v) is 0. The van der Waals surface area contributed by atoms with E-state index in [0.717, 1.165) is 7.11 Å². The number of aliphatic hydroxyl groups is 1. The maximum atomic E-state index is 7.00. The van der Waals surface area contributed by atoms with E-state index in [-0.39, 0.29) is 36.8 Å². The summed E-state index contributed by atoms with van der Waals surface area (Å²) in [6.07, 6.45) is 0. The summed E-state index contributed by atoms with van der Waals surface area (Å²) < 4.78 is 0. The Morgan fingerprint density at radius 3 is 1.25 bits per heavy atom. The fraction of sp³-hybridized carbons (Fsp3) is 1.00. The molecule has 0 radical (unpaired) electrons. The molecule has 0 aromatic rings. The van der Waals surface area contributed by atoms with Crippen molar-refractivity contribution in [1.82, 2.24) is 0 Å². The van der Waals surface area contributed by atoms with Gasteiger partial charge in [-0.25, -0.2) is 0 Å². The molecular weight excluding hydrogens is 185 g/mol. The van der Waals surface area contributed by atoms with E-state index in [2.05, 4.69) is 0 Å². The molecule has 0 aliphatic rings. The monoisotopic (exact) mass is 192 g/mol. The van der Waals surface area contributed by atoms with Crippen LogP contribution >= 0.6 is 12.4 Å². The molecule has 0 aromatic heterocycles. The molecule has 0 unspecified atom stereocenters. The summed E-state index contributed by atoms with van der Waals surface area (Å²) in [7, 11) is 1.00. The summed E-state index contributed by atoms with van der Waals surface area (Å²) in [6, 6.07) is 0. The molecule has 0 rings (SSSR count). The molecule has 4 heavy (non-hydrogen) atoms. The molecule has 0 amide bonds. The van der Waals surface area contributed by atoms with E-state index in [1.165, 1.54) is 0 Å². The zero-order valence-electron chi connectivity index (χ0n) is 2.56. The molecule has 0 saturated carbocycles. The van der Waals surface area contributed by atoms with Crippen LogP contribution in [0, 0.1) is 0 Å². The van der Waals surface area contributed by atoms with Crippen molar-refractivity contribution in [3.05, 3.63) is 0 Å². The van der Waals surface area contributed by atoms with E-state index in [4.69, 9.17) is 5.11 Å². The third-order valence-corrected chi connectivity index (χ3v) is 0. The maximum absolute atomic E-state index is 7.00. The van der Waals surface area contributed by atoms with Gasteiger partial charge in [0, 0.05) is 7.11 Å². The van der Waals surface area contributed by atoms with Crippen LogP contribution in [0.3, 0.4) is 0 Å². The van der Waals surface area contributed by atoms with Crippen LogP contribution < -0.4 is 0 Å². The number of rotatable bonds is 0. The van der Waals surface area contributed by atoms with Crippen molar-refractivity contribution >= 4 is 36.8 Å². The Hall–Kier alpha value is 1.07. The van der Waals surface area contributed by atoms with Crippen molar-refractivity contribution in [1.29, 1.82) is 0 Å². The molecule has 0 fully saturated rings.